The average molecular weight is 618 g/mol. The smallest absolute Gasteiger partial charge is 0.260 e. The van der Waals surface area contributed by atoms with Crippen LogP contribution in [0, 0.1) is 0 Å². The summed E-state index contributed by atoms with van der Waals surface area (Å²) < 4.78 is 18.0. The Labute approximate surface area is 253 Å². The van der Waals surface area contributed by atoms with Crippen LogP contribution in [0.2, 0.25) is 10.0 Å². The van der Waals surface area contributed by atoms with Gasteiger partial charge in [-0.3, -0.25) is 14.2 Å². The minimum atomic E-state index is -0.302. The lowest BCUT2D eigenvalue weighted by Crippen LogP contribution is -2.45. The Hall–Kier alpha value is -3.38. The first-order valence-electron chi connectivity index (χ1n) is 13.8. The number of benzene rings is 1. The second-order valence-corrected chi connectivity index (χ2v) is 11.1. The summed E-state index contributed by atoms with van der Waals surface area (Å²) in [5.74, 6) is 0.930. The van der Waals surface area contributed by atoms with Gasteiger partial charge in [0.05, 0.1) is 42.5 Å². The minimum Gasteiger partial charge on any atom is -0.495 e. The first-order chi connectivity index (χ1) is 20.3. The summed E-state index contributed by atoms with van der Waals surface area (Å²) in [7, 11) is 2.97. The highest BCUT2D eigenvalue weighted by Gasteiger charge is 2.25. The second-order valence-electron chi connectivity index (χ2n) is 10.3. The number of carbonyl (C=O) groups excluding carboxylic acids is 1. The van der Waals surface area contributed by atoms with Crippen LogP contribution in [0.3, 0.4) is 0 Å². The molecule has 0 bridgehead atoms. The maximum atomic E-state index is 14.2. The number of nitrogens with zero attached hydrogens (tertiary/aromatic N) is 4. The first-order valence-corrected chi connectivity index (χ1v) is 14.6. The predicted octanol–water partition coefficient (Wildman–Crippen LogP) is 3.75. The molecule has 224 valence electrons. The zero-order valence-corrected chi connectivity index (χ0v) is 25.1. The lowest BCUT2D eigenvalue weighted by atomic mass is 10.0. The van der Waals surface area contributed by atoms with Crippen LogP contribution in [-0.2, 0) is 16.1 Å². The fourth-order valence-electron chi connectivity index (χ4n) is 5.37. The summed E-state index contributed by atoms with van der Waals surface area (Å²) in [5, 5.41) is 7.34. The highest BCUT2D eigenvalue weighted by Crippen LogP contribution is 2.45. The van der Waals surface area contributed by atoms with Gasteiger partial charge in [0.25, 0.3) is 5.56 Å². The number of rotatable bonds is 10. The molecular weight excluding hydrogens is 583 g/mol. The van der Waals surface area contributed by atoms with Crippen molar-refractivity contribution in [1.29, 1.82) is 0 Å². The van der Waals surface area contributed by atoms with E-state index in [9.17, 15) is 9.59 Å². The van der Waals surface area contributed by atoms with Crippen molar-refractivity contribution < 1.29 is 19.0 Å². The van der Waals surface area contributed by atoms with Crippen molar-refractivity contribution in [1.82, 2.24) is 24.8 Å². The molecule has 1 atom stereocenters. The standard InChI is InChI=1S/C29H34Cl2N6O5/c1-4-23(38)33-18-5-8-36(9-6-18)10-11-37-27-17(15-32-29(35-27)34-19-7-12-42-16-19)13-20(28(37)39)24-25(30)21(40-2)14-22(41-3)26(24)31/h4,13-15,18-19H,1,5-12,16H2,2-3H3,(H,33,38)(H,32,34,35). The summed E-state index contributed by atoms with van der Waals surface area (Å²) >= 11 is 13.4. The molecule has 2 N–H and O–H groups in total. The van der Waals surface area contributed by atoms with Crippen LogP contribution < -0.4 is 25.7 Å². The molecule has 0 saturated carbocycles. The van der Waals surface area contributed by atoms with Gasteiger partial charge in [-0.05, 0) is 31.4 Å². The van der Waals surface area contributed by atoms with Crippen LogP contribution in [0.25, 0.3) is 22.2 Å². The number of pyridine rings is 1. The van der Waals surface area contributed by atoms with Crippen LogP contribution in [0.5, 0.6) is 11.5 Å². The predicted molar refractivity (Wildman–Crippen MR) is 163 cm³/mol. The number of hydrogen-bond donors (Lipinski definition) is 2. The average Bonchev–Trinajstić information content (AvgIpc) is 3.51. The number of ether oxygens (including phenoxy) is 3. The highest BCUT2D eigenvalue weighted by molar-refractivity contribution is 6.41. The number of amides is 1. The van der Waals surface area contributed by atoms with Crippen molar-refractivity contribution in [2.75, 3.05) is 52.4 Å². The summed E-state index contributed by atoms with van der Waals surface area (Å²) in [5.41, 5.74) is 0.798. The SMILES string of the molecule is C=CC(=O)NC1CCN(CCn2c(=O)c(-c3c(Cl)c(OC)cc(OC)c3Cl)cc3cnc(NC4CCOC4)nc32)CC1. The van der Waals surface area contributed by atoms with Gasteiger partial charge in [-0.2, -0.15) is 4.98 Å². The van der Waals surface area contributed by atoms with Gasteiger partial charge in [0.15, 0.2) is 0 Å². The maximum absolute atomic E-state index is 14.2. The van der Waals surface area contributed by atoms with Gasteiger partial charge in [-0.15, -0.1) is 0 Å². The Morgan fingerprint density at radius 1 is 1.12 bits per heavy atom. The Morgan fingerprint density at radius 2 is 1.83 bits per heavy atom. The van der Waals surface area contributed by atoms with E-state index in [4.69, 9.17) is 42.4 Å². The molecule has 0 aliphatic carbocycles. The molecule has 1 unspecified atom stereocenters. The van der Waals surface area contributed by atoms with E-state index in [0.717, 1.165) is 32.4 Å². The van der Waals surface area contributed by atoms with Crippen LogP contribution in [0.15, 0.2) is 35.8 Å². The van der Waals surface area contributed by atoms with Gasteiger partial charge in [-0.1, -0.05) is 29.8 Å². The van der Waals surface area contributed by atoms with E-state index in [1.807, 2.05) is 0 Å². The number of nitrogens with one attached hydrogen (secondary N) is 2. The van der Waals surface area contributed by atoms with E-state index in [1.54, 1.807) is 22.9 Å². The molecule has 5 rings (SSSR count). The number of likely N-dealkylation sites (tertiary alicyclic amines) is 1. The number of fused-ring (bicyclic) bond motifs is 1. The van der Waals surface area contributed by atoms with Crippen LogP contribution in [0.4, 0.5) is 5.95 Å². The summed E-state index contributed by atoms with van der Waals surface area (Å²) in [4.78, 5) is 37.5. The molecule has 1 aromatic carbocycles. The zero-order valence-electron chi connectivity index (χ0n) is 23.6. The number of methoxy groups -OCH3 is 2. The van der Waals surface area contributed by atoms with Crippen molar-refractivity contribution in [2.24, 2.45) is 0 Å². The fourth-order valence-corrected chi connectivity index (χ4v) is 6.07. The van der Waals surface area contributed by atoms with E-state index < -0.39 is 0 Å². The molecule has 3 aromatic rings. The van der Waals surface area contributed by atoms with Gasteiger partial charge in [0.2, 0.25) is 11.9 Å². The molecule has 2 aliphatic heterocycles. The fraction of sp³-hybridized carbons (Fsp3) is 0.448. The Morgan fingerprint density at radius 3 is 2.45 bits per heavy atom. The van der Waals surface area contributed by atoms with Crippen LogP contribution >= 0.6 is 23.2 Å². The molecule has 11 nitrogen and oxygen atoms in total. The van der Waals surface area contributed by atoms with E-state index in [-0.39, 0.29) is 39.2 Å². The van der Waals surface area contributed by atoms with Gasteiger partial charge < -0.3 is 29.7 Å². The number of aromatic nitrogens is 3. The third-order valence-electron chi connectivity index (χ3n) is 7.69. The third kappa shape index (κ3) is 6.34. The molecule has 0 radical (unpaired) electrons. The second kappa shape index (κ2) is 13.3. The molecule has 2 saturated heterocycles. The summed E-state index contributed by atoms with van der Waals surface area (Å²) in [6.07, 6.45) is 5.45. The molecule has 42 heavy (non-hydrogen) atoms. The molecule has 0 spiro atoms. The summed E-state index contributed by atoms with van der Waals surface area (Å²) in [6.45, 7) is 7.31. The Balaban J connectivity index is 1.52. The Kier molecular flexibility index (Phi) is 9.52. The van der Waals surface area contributed by atoms with E-state index >= 15 is 0 Å². The lowest BCUT2D eigenvalue weighted by molar-refractivity contribution is -0.117. The third-order valence-corrected chi connectivity index (χ3v) is 8.44. The zero-order chi connectivity index (χ0) is 29.8. The molecule has 1 amide bonds. The summed E-state index contributed by atoms with van der Waals surface area (Å²) in [6, 6.07) is 3.50. The number of halogens is 2. The highest BCUT2D eigenvalue weighted by atomic mass is 35.5. The first kappa shape index (κ1) is 30.1. The molecule has 2 aromatic heterocycles. The van der Waals surface area contributed by atoms with Gasteiger partial charge >= 0.3 is 0 Å². The normalized spacial score (nSPS) is 17.8. The van der Waals surface area contributed by atoms with Crippen molar-refractivity contribution in [3.63, 3.8) is 0 Å². The molecule has 13 heteroatoms. The topological polar surface area (TPSA) is 120 Å². The molecular formula is C29H34Cl2N6O5. The number of piperidine rings is 1. The number of hydrogen-bond acceptors (Lipinski definition) is 9. The van der Waals surface area contributed by atoms with Crippen LogP contribution in [-0.4, -0.2) is 84.5 Å². The van der Waals surface area contributed by atoms with Crippen molar-refractivity contribution >= 4 is 46.1 Å². The van der Waals surface area contributed by atoms with E-state index in [2.05, 4.69) is 27.1 Å². The van der Waals surface area contributed by atoms with Crippen LogP contribution in [0.1, 0.15) is 19.3 Å². The molecule has 2 aliphatic rings. The van der Waals surface area contributed by atoms with Crippen molar-refractivity contribution in [3.05, 3.63) is 51.4 Å². The lowest BCUT2D eigenvalue weighted by Gasteiger charge is -2.32. The Bertz CT molecular complexity index is 1510. The minimum absolute atomic E-state index is 0.103. The maximum Gasteiger partial charge on any atom is 0.260 e. The number of anilines is 1. The van der Waals surface area contributed by atoms with Gasteiger partial charge in [0, 0.05) is 62.0 Å². The number of carbonyl (C=O) groups is 1. The van der Waals surface area contributed by atoms with E-state index in [0.29, 0.717) is 60.3 Å². The molecule has 2 fully saturated rings. The molecule has 4 heterocycles. The monoisotopic (exact) mass is 616 g/mol. The quantitative estimate of drug-likeness (QED) is 0.328. The van der Waals surface area contributed by atoms with Crippen molar-refractivity contribution in [3.8, 4) is 22.6 Å². The largest absolute Gasteiger partial charge is 0.495 e. The van der Waals surface area contributed by atoms with Gasteiger partial charge in [-0.25, -0.2) is 4.98 Å². The van der Waals surface area contributed by atoms with E-state index in [1.165, 1.54) is 20.3 Å². The van der Waals surface area contributed by atoms with Crippen molar-refractivity contribution in [2.45, 2.75) is 37.9 Å². The van der Waals surface area contributed by atoms with Gasteiger partial charge in [0.1, 0.15) is 17.1 Å².